The molecule has 1 N–H and O–H groups in total. The summed E-state index contributed by atoms with van der Waals surface area (Å²) in [7, 11) is 0. The summed E-state index contributed by atoms with van der Waals surface area (Å²) in [5.74, 6) is 0.813. The molecular weight excluding hydrogens is 230 g/mol. The second-order valence-corrected chi connectivity index (χ2v) is 6.17. The smallest absolute Gasteiger partial charge is 0.00683 e. The van der Waals surface area contributed by atoms with Gasteiger partial charge < -0.3 is 5.32 Å². The molecule has 2 rings (SSSR count). The molecule has 106 valence electrons. The minimum absolute atomic E-state index is 0.813. The third-order valence-corrected chi connectivity index (χ3v) is 4.26. The third-order valence-electron chi connectivity index (χ3n) is 4.26. The van der Waals surface area contributed by atoms with Crippen molar-refractivity contribution in [2.24, 2.45) is 5.92 Å². The summed E-state index contributed by atoms with van der Waals surface area (Å²) >= 11 is 0. The van der Waals surface area contributed by atoms with E-state index in [9.17, 15) is 0 Å². The van der Waals surface area contributed by atoms with E-state index in [0.29, 0.717) is 0 Å². The maximum Gasteiger partial charge on any atom is 0.00683 e. The summed E-state index contributed by atoms with van der Waals surface area (Å²) in [6, 6.07) is 9.71. The average molecular weight is 259 g/mol. The number of unbranched alkanes of at least 4 members (excludes halogenated alkanes) is 2. The lowest BCUT2D eigenvalue weighted by Crippen LogP contribution is -2.26. The van der Waals surface area contributed by atoms with Gasteiger partial charge >= 0.3 is 0 Å². The van der Waals surface area contributed by atoms with E-state index in [1.54, 1.807) is 5.56 Å². The predicted molar refractivity (Wildman–Crippen MR) is 83.5 cm³/mol. The van der Waals surface area contributed by atoms with Crippen molar-refractivity contribution >= 4 is 0 Å². The molecule has 0 aromatic heterocycles. The lowest BCUT2D eigenvalue weighted by atomic mass is 9.91. The lowest BCUT2D eigenvalue weighted by Gasteiger charge is -2.19. The largest absolute Gasteiger partial charge is 0.314 e. The number of hydrogen-bond acceptors (Lipinski definition) is 1. The van der Waals surface area contributed by atoms with Crippen LogP contribution in [0.1, 0.15) is 56.6 Å². The summed E-state index contributed by atoms with van der Waals surface area (Å²) in [5, 5.41) is 3.72. The standard InChI is InChI=1S/C18H29N/c1-3-4-5-9-16(14-19-18-11-12-18)13-17-10-7-6-8-15(17)2/h6-8,10,16,18-19H,3-5,9,11-14H2,1-2H3. The van der Waals surface area contributed by atoms with E-state index in [1.165, 1.54) is 57.1 Å². The van der Waals surface area contributed by atoms with Crippen molar-refractivity contribution in [2.75, 3.05) is 6.54 Å². The van der Waals surface area contributed by atoms with Gasteiger partial charge in [0.2, 0.25) is 0 Å². The van der Waals surface area contributed by atoms with Crippen LogP contribution in [0.5, 0.6) is 0 Å². The predicted octanol–water partition coefficient (Wildman–Crippen LogP) is 4.49. The molecule has 1 aliphatic carbocycles. The minimum Gasteiger partial charge on any atom is -0.314 e. The molecule has 0 spiro atoms. The Morgan fingerprint density at radius 3 is 2.68 bits per heavy atom. The molecule has 1 atom stereocenters. The number of aryl methyl sites for hydroxylation is 1. The maximum atomic E-state index is 3.72. The zero-order valence-corrected chi connectivity index (χ0v) is 12.6. The highest BCUT2D eigenvalue weighted by molar-refractivity contribution is 5.25. The number of nitrogens with one attached hydrogen (secondary N) is 1. The van der Waals surface area contributed by atoms with Crippen LogP contribution in [0.2, 0.25) is 0 Å². The van der Waals surface area contributed by atoms with E-state index in [4.69, 9.17) is 0 Å². The van der Waals surface area contributed by atoms with E-state index < -0.39 is 0 Å². The van der Waals surface area contributed by atoms with Crippen LogP contribution in [0.3, 0.4) is 0 Å². The second-order valence-electron chi connectivity index (χ2n) is 6.17. The Labute approximate surface area is 118 Å². The first kappa shape index (κ1) is 14.6. The minimum atomic E-state index is 0.813. The second kappa shape index (κ2) is 7.69. The maximum absolute atomic E-state index is 3.72. The number of benzene rings is 1. The average Bonchev–Trinajstić information content (AvgIpc) is 3.22. The van der Waals surface area contributed by atoms with E-state index in [0.717, 1.165) is 12.0 Å². The van der Waals surface area contributed by atoms with Crippen LogP contribution in [-0.4, -0.2) is 12.6 Å². The zero-order valence-electron chi connectivity index (χ0n) is 12.6. The molecule has 0 amide bonds. The molecular formula is C18H29N. The molecule has 1 unspecified atom stereocenters. The molecule has 0 radical (unpaired) electrons. The fraction of sp³-hybridized carbons (Fsp3) is 0.667. The van der Waals surface area contributed by atoms with Crippen LogP contribution in [0.15, 0.2) is 24.3 Å². The molecule has 0 saturated heterocycles. The van der Waals surface area contributed by atoms with Gasteiger partial charge in [-0.2, -0.15) is 0 Å². The Kier molecular flexibility index (Phi) is 5.91. The summed E-state index contributed by atoms with van der Waals surface area (Å²) in [6.07, 6.45) is 9.51. The van der Waals surface area contributed by atoms with E-state index >= 15 is 0 Å². The summed E-state index contributed by atoms with van der Waals surface area (Å²) in [4.78, 5) is 0. The zero-order chi connectivity index (χ0) is 13.5. The van der Waals surface area contributed by atoms with Gasteiger partial charge in [-0.1, -0.05) is 50.5 Å². The third kappa shape index (κ3) is 5.36. The molecule has 1 saturated carbocycles. The Morgan fingerprint density at radius 1 is 1.21 bits per heavy atom. The van der Waals surface area contributed by atoms with E-state index in [1.807, 2.05) is 0 Å². The van der Waals surface area contributed by atoms with Crippen LogP contribution in [-0.2, 0) is 6.42 Å². The first-order valence-electron chi connectivity index (χ1n) is 8.07. The molecule has 1 fully saturated rings. The van der Waals surface area contributed by atoms with E-state index in [-0.39, 0.29) is 0 Å². The highest BCUT2D eigenvalue weighted by atomic mass is 14.9. The molecule has 1 nitrogen and oxygen atoms in total. The van der Waals surface area contributed by atoms with Crippen molar-refractivity contribution in [3.05, 3.63) is 35.4 Å². The highest BCUT2D eigenvalue weighted by Crippen LogP contribution is 2.22. The Balaban J connectivity index is 1.85. The van der Waals surface area contributed by atoms with Crippen LogP contribution < -0.4 is 5.32 Å². The Bertz CT molecular complexity index is 368. The van der Waals surface area contributed by atoms with Crippen LogP contribution in [0.25, 0.3) is 0 Å². The molecule has 1 heteroatoms. The van der Waals surface area contributed by atoms with Gasteiger partial charge in [0.05, 0.1) is 0 Å². The van der Waals surface area contributed by atoms with Gasteiger partial charge in [0.1, 0.15) is 0 Å². The fourth-order valence-corrected chi connectivity index (χ4v) is 2.73. The quantitative estimate of drug-likeness (QED) is 0.644. The summed E-state index contributed by atoms with van der Waals surface area (Å²) in [6.45, 7) is 5.74. The van der Waals surface area contributed by atoms with Crippen molar-refractivity contribution in [3.8, 4) is 0 Å². The number of hydrogen-bond donors (Lipinski definition) is 1. The molecule has 0 aliphatic heterocycles. The van der Waals surface area contributed by atoms with Gasteiger partial charge in [0, 0.05) is 6.04 Å². The Hall–Kier alpha value is -0.820. The van der Waals surface area contributed by atoms with Crippen LogP contribution in [0, 0.1) is 12.8 Å². The molecule has 1 aromatic carbocycles. The van der Waals surface area contributed by atoms with Gasteiger partial charge in [0.15, 0.2) is 0 Å². The van der Waals surface area contributed by atoms with Gasteiger partial charge in [-0.25, -0.2) is 0 Å². The molecule has 19 heavy (non-hydrogen) atoms. The van der Waals surface area contributed by atoms with Gasteiger partial charge in [-0.05, 0) is 56.2 Å². The fourth-order valence-electron chi connectivity index (χ4n) is 2.73. The van der Waals surface area contributed by atoms with E-state index in [2.05, 4.69) is 43.4 Å². The van der Waals surface area contributed by atoms with Gasteiger partial charge in [-0.15, -0.1) is 0 Å². The topological polar surface area (TPSA) is 12.0 Å². The molecule has 0 bridgehead atoms. The van der Waals surface area contributed by atoms with Crippen molar-refractivity contribution in [2.45, 2.75) is 64.8 Å². The normalized spacial score (nSPS) is 16.5. The van der Waals surface area contributed by atoms with Crippen molar-refractivity contribution < 1.29 is 0 Å². The van der Waals surface area contributed by atoms with Crippen LogP contribution in [0.4, 0.5) is 0 Å². The summed E-state index contributed by atoms with van der Waals surface area (Å²) in [5.41, 5.74) is 3.00. The first-order chi connectivity index (χ1) is 9.29. The molecule has 1 aliphatic rings. The molecule has 0 heterocycles. The van der Waals surface area contributed by atoms with Gasteiger partial charge in [-0.3, -0.25) is 0 Å². The van der Waals surface area contributed by atoms with Gasteiger partial charge in [0.25, 0.3) is 0 Å². The monoisotopic (exact) mass is 259 g/mol. The van der Waals surface area contributed by atoms with Crippen molar-refractivity contribution in [3.63, 3.8) is 0 Å². The lowest BCUT2D eigenvalue weighted by molar-refractivity contribution is 0.422. The highest BCUT2D eigenvalue weighted by Gasteiger charge is 2.22. The van der Waals surface area contributed by atoms with Crippen molar-refractivity contribution in [1.82, 2.24) is 5.32 Å². The first-order valence-corrected chi connectivity index (χ1v) is 8.07. The van der Waals surface area contributed by atoms with Crippen molar-refractivity contribution in [1.29, 1.82) is 0 Å². The molecule has 1 aromatic rings. The SMILES string of the molecule is CCCCCC(CNC1CC1)Cc1ccccc1C. The van der Waals surface area contributed by atoms with Crippen LogP contribution >= 0.6 is 0 Å². The summed E-state index contributed by atoms with van der Waals surface area (Å²) < 4.78 is 0. The number of rotatable bonds is 9. The Morgan fingerprint density at radius 2 is 2.00 bits per heavy atom.